The Hall–Kier alpha value is -1.43. The summed E-state index contributed by atoms with van der Waals surface area (Å²) in [6.07, 6.45) is -0.190. The first-order valence-electron chi connectivity index (χ1n) is 4.29. The Labute approximate surface area is 80.9 Å². The van der Waals surface area contributed by atoms with Crippen LogP contribution in [0.4, 0.5) is 0 Å². The van der Waals surface area contributed by atoms with Crippen LogP contribution in [0.3, 0.4) is 0 Å². The highest BCUT2D eigenvalue weighted by Gasteiger charge is 2.13. The fraction of sp³-hybridized carbons (Fsp3) is 0.625. The lowest BCUT2D eigenvalue weighted by Crippen LogP contribution is -2.19. The monoisotopic (exact) mass is 200 g/mol. The lowest BCUT2D eigenvalue weighted by Gasteiger charge is -2.04. The molecule has 0 bridgehead atoms. The number of nitrogens with zero attached hydrogens (tertiary/aromatic N) is 2. The third-order valence-corrected chi connectivity index (χ3v) is 1.63. The molecular formula is C8H12N2O4. The fourth-order valence-electron chi connectivity index (χ4n) is 0.760. The van der Waals surface area contributed by atoms with E-state index >= 15 is 0 Å². The minimum atomic E-state index is -1.01. The molecule has 1 unspecified atom stereocenters. The molecule has 1 atom stereocenters. The first-order valence-corrected chi connectivity index (χ1v) is 4.29. The first kappa shape index (κ1) is 10.6. The van der Waals surface area contributed by atoms with Crippen molar-refractivity contribution in [2.24, 2.45) is 0 Å². The van der Waals surface area contributed by atoms with E-state index in [4.69, 9.17) is 14.4 Å². The van der Waals surface area contributed by atoms with Gasteiger partial charge in [0.1, 0.15) is 6.61 Å². The molecule has 1 N–H and O–H groups in total. The Morgan fingerprint density at radius 3 is 2.93 bits per heavy atom. The smallest absolute Gasteiger partial charge is 0.332 e. The molecule has 1 aromatic rings. The molecule has 0 saturated heterocycles. The largest absolute Gasteiger partial charge is 0.479 e. The van der Waals surface area contributed by atoms with Crippen LogP contribution in [0, 0.1) is 0 Å². The predicted molar refractivity (Wildman–Crippen MR) is 45.6 cm³/mol. The van der Waals surface area contributed by atoms with Gasteiger partial charge in [-0.25, -0.2) is 4.79 Å². The Morgan fingerprint density at radius 1 is 1.71 bits per heavy atom. The number of ether oxygens (including phenoxy) is 1. The van der Waals surface area contributed by atoms with Crippen LogP contribution >= 0.6 is 0 Å². The van der Waals surface area contributed by atoms with Gasteiger partial charge >= 0.3 is 5.97 Å². The van der Waals surface area contributed by atoms with Gasteiger partial charge in [0.15, 0.2) is 11.9 Å². The number of hydrogen-bond acceptors (Lipinski definition) is 5. The van der Waals surface area contributed by atoms with Gasteiger partial charge < -0.3 is 14.4 Å². The Balaban J connectivity index is 2.41. The lowest BCUT2D eigenvalue weighted by molar-refractivity contribution is -0.150. The molecule has 6 heteroatoms. The van der Waals surface area contributed by atoms with E-state index in [1.165, 1.54) is 6.92 Å². The maximum Gasteiger partial charge on any atom is 0.332 e. The standard InChI is InChI=1S/C8H12N2O4/c1-3-6-9-7(14-10-6)4-13-5(2)8(11)12/h5H,3-4H2,1-2H3,(H,11,12). The number of carbonyl (C=O) groups is 1. The highest BCUT2D eigenvalue weighted by molar-refractivity contribution is 5.71. The van der Waals surface area contributed by atoms with Crippen molar-refractivity contribution in [1.29, 1.82) is 0 Å². The summed E-state index contributed by atoms with van der Waals surface area (Å²) in [7, 11) is 0. The summed E-state index contributed by atoms with van der Waals surface area (Å²) in [5.74, 6) is -0.123. The second-order valence-electron chi connectivity index (χ2n) is 2.75. The molecule has 0 saturated carbocycles. The summed E-state index contributed by atoms with van der Waals surface area (Å²) in [5.41, 5.74) is 0. The molecule has 6 nitrogen and oxygen atoms in total. The van der Waals surface area contributed by atoms with Crippen LogP contribution in [0.25, 0.3) is 0 Å². The number of aromatic nitrogens is 2. The van der Waals surface area contributed by atoms with E-state index in [9.17, 15) is 4.79 Å². The van der Waals surface area contributed by atoms with Crippen LogP contribution < -0.4 is 0 Å². The number of hydrogen-bond donors (Lipinski definition) is 1. The summed E-state index contributed by atoms with van der Waals surface area (Å²) in [6, 6.07) is 0. The van der Waals surface area contributed by atoms with E-state index in [-0.39, 0.29) is 6.61 Å². The molecule has 78 valence electrons. The minimum absolute atomic E-state index is 0.0282. The Kier molecular flexibility index (Phi) is 3.58. The molecule has 0 aliphatic heterocycles. The van der Waals surface area contributed by atoms with Crippen LogP contribution in [0.1, 0.15) is 25.6 Å². The van der Waals surface area contributed by atoms with Crippen molar-refractivity contribution in [1.82, 2.24) is 10.1 Å². The van der Waals surface area contributed by atoms with Crippen molar-refractivity contribution in [3.05, 3.63) is 11.7 Å². The van der Waals surface area contributed by atoms with Crippen LogP contribution in [-0.4, -0.2) is 27.3 Å². The Bertz CT molecular complexity index is 310. The third kappa shape index (κ3) is 2.81. The van der Waals surface area contributed by atoms with E-state index in [2.05, 4.69) is 10.1 Å². The van der Waals surface area contributed by atoms with Gasteiger partial charge in [0.2, 0.25) is 0 Å². The Morgan fingerprint density at radius 2 is 2.43 bits per heavy atom. The van der Waals surface area contributed by atoms with Crippen molar-refractivity contribution in [3.63, 3.8) is 0 Å². The molecule has 1 rings (SSSR count). The first-order chi connectivity index (χ1) is 6.63. The molecule has 1 heterocycles. The average molecular weight is 200 g/mol. The zero-order valence-electron chi connectivity index (χ0n) is 8.06. The third-order valence-electron chi connectivity index (χ3n) is 1.63. The molecule has 0 amide bonds. The molecule has 0 aliphatic rings. The van der Waals surface area contributed by atoms with Crippen molar-refractivity contribution in [2.75, 3.05) is 0 Å². The number of carboxylic acids is 1. The van der Waals surface area contributed by atoms with Crippen molar-refractivity contribution < 1.29 is 19.2 Å². The van der Waals surface area contributed by atoms with Gasteiger partial charge in [-0.05, 0) is 6.92 Å². The van der Waals surface area contributed by atoms with E-state index in [0.717, 1.165) is 0 Å². The number of aliphatic carboxylic acids is 1. The second-order valence-corrected chi connectivity index (χ2v) is 2.75. The summed E-state index contributed by atoms with van der Waals surface area (Å²) in [5, 5.41) is 12.2. The zero-order valence-corrected chi connectivity index (χ0v) is 8.06. The number of aryl methyl sites for hydroxylation is 1. The highest BCUT2D eigenvalue weighted by atomic mass is 16.5. The van der Waals surface area contributed by atoms with Gasteiger partial charge in [0, 0.05) is 6.42 Å². The van der Waals surface area contributed by atoms with Crippen molar-refractivity contribution in [3.8, 4) is 0 Å². The van der Waals surface area contributed by atoms with Gasteiger partial charge in [-0.15, -0.1) is 0 Å². The quantitative estimate of drug-likeness (QED) is 0.749. The summed E-state index contributed by atoms with van der Waals surface area (Å²) >= 11 is 0. The molecule has 0 radical (unpaired) electrons. The topological polar surface area (TPSA) is 85.5 Å². The van der Waals surface area contributed by atoms with Crippen LogP contribution in [0.5, 0.6) is 0 Å². The molecule has 0 spiro atoms. The lowest BCUT2D eigenvalue weighted by atomic mass is 10.4. The second kappa shape index (κ2) is 4.71. The van der Waals surface area contributed by atoms with Gasteiger partial charge in [-0.2, -0.15) is 4.98 Å². The predicted octanol–water partition coefficient (Wildman–Crippen LogP) is 0.622. The van der Waals surface area contributed by atoms with Crippen molar-refractivity contribution in [2.45, 2.75) is 33.0 Å². The van der Waals surface area contributed by atoms with Crippen LogP contribution in [0.2, 0.25) is 0 Å². The number of rotatable bonds is 5. The maximum atomic E-state index is 10.4. The number of carboxylic acid groups (broad SMARTS) is 1. The van der Waals surface area contributed by atoms with E-state index in [0.29, 0.717) is 18.1 Å². The molecule has 14 heavy (non-hydrogen) atoms. The minimum Gasteiger partial charge on any atom is -0.479 e. The summed E-state index contributed by atoms with van der Waals surface area (Å²) in [6.45, 7) is 3.37. The zero-order chi connectivity index (χ0) is 10.6. The fourth-order valence-corrected chi connectivity index (χ4v) is 0.760. The molecular weight excluding hydrogens is 188 g/mol. The molecule has 1 aromatic heterocycles. The van der Waals surface area contributed by atoms with Gasteiger partial charge in [-0.3, -0.25) is 0 Å². The molecule has 0 aromatic carbocycles. The SMILES string of the molecule is CCc1noc(COC(C)C(=O)O)n1. The van der Waals surface area contributed by atoms with Crippen LogP contribution in [0.15, 0.2) is 4.52 Å². The summed E-state index contributed by atoms with van der Waals surface area (Å²) < 4.78 is 9.76. The van der Waals surface area contributed by atoms with E-state index in [1.54, 1.807) is 0 Å². The van der Waals surface area contributed by atoms with Gasteiger partial charge in [0.05, 0.1) is 0 Å². The highest BCUT2D eigenvalue weighted by Crippen LogP contribution is 2.02. The maximum absolute atomic E-state index is 10.4. The van der Waals surface area contributed by atoms with Gasteiger partial charge in [-0.1, -0.05) is 12.1 Å². The average Bonchev–Trinajstić information content (AvgIpc) is 2.61. The molecule has 0 fully saturated rings. The van der Waals surface area contributed by atoms with Gasteiger partial charge in [0.25, 0.3) is 5.89 Å². The molecule has 0 aliphatic carbocycles. The summed E-state index contributed by atoms with van der Waals surface area (Å²) in [4.78, 5) is 14.4. The van der Waals surface area contributed by atoms with E-state index in [1.807, 2.05) is 6.92 Å². The van der Waals surface area contributed by atoms with Crippen LogP contribution in [-0.2, 0) is 22.6 Å². The van der Waals surface area contributed by atoms with E-state index < -0.39 is 12.1 Å². The normalized spacial score (nSPS) is 12.7. The van der Waals surface area contributed by atoms with Crippen molar-refractivity contribution >= 4 is 5.97 Å².